The monoisotopic (exact) mass is 397 g/mol. The van der Waals surface area contributed by atoms with E-state index in [-0.39, 0.29) is 12.4 Å². The first kappa shape index (κ1) is 19.3. The van der Waals surface area contributed by atoms with E-state index >= 15 is 0 Å². The SMILES string of the molecule is CCc1cnc2c3c(c4cc(OC)c(OC)cc4c2c1)CC1CCCC1C3.Cl. The highest BCUT2D eigenvalue weighted by molar-refractivity contribution is 6.10. The molecule has 0 radical (unpaired) electrons. The number of hydrogen-bond donors (Lipinski definition) is 0. The Bertz CT molecular complexity index is 1050. The van der Waals surface area contributed by atoms with Gasteiger partial charge in [-0.15, -0.1) is 12.4 Å². The Hall–Kier alpha value is -2.00. The van der Waals surface area contributed by atoms with Crippen LogP contribution in [0.5, 0.6) is 11.5 Å². The number of benzene rings is 2. The number of nitrogens with zero attached hydrogens (tertiary/aromatic N) is 1. The summed E-state index contributed by atoms with van der Waals surface area (Å²) in [5.74, 6) is 3.29. The molecule has 2 unspecified atom stereocenters. The van der Waals surface area contributed by atoms with Crippen molar-refractivity contribution in [2.45, 2.75) is 45.4 Å². The standard InChI is InChI=1S/C24H27NO2.ClH/c1-4-14-8-20-19-12-23(27-3)22(26-2)11-18(19)17-9-15-6-5-7-16(15)10-21(17)24(20)25-13-14;/h8,11-13,15-16H,4-7,9-10H2,1-3H3;1H. The molecule has 2 aliphatic rings. The Morgan fingerprint density at radius 1 is 0.893 bits per heavy atom. The molecule has 0 amide bonds. The smallest absolute Gasteiger partial charge is 0.161 e. The number of fused-ring (bicyclic) bond motifs is 7. The fourth-order valence-electron chi connectivity index (χ4n) is 5.43. The van der Waals surface area contributed by atoms with Crippen LogP contribution in [0.4, 0.5) is 0 Å². The summed E-state index contributed by atoms with van der Waals surface area (Å²) in [5.41, 5.74) is 5.47. The minimum Gasteiger partial charge on any atom is -0.493 e. The van der Waals surface area contributed by atoms with Gasteiger partial charge in [0.15, 0.2) is 11.5 Å². The second-order valence-corrected chi connectivity index (χ2v) is 8.16. The van der Waals surface area contributed by atoms with Crippen LogP contribution in [-0.4, -0.2) is 19.2 Å². The minimum atomic E-state index is 0. The molecule has 3 nitrogen and oxygen atoms in total. The summed E-state index contributed by atoms with van der Waals surface area (Å²) in [6, 6.07) is 6.68. The molecule has 1 heterocycles. The van der Waals surface area contributed by atoms with Gasteiger partial charge < -0.3 is 9.47 Å². The highest BCUT2D eigenvalue weighted by atomic mass is 35.5. The molecule has 1 aromatic heterocycles. The molecule has 1 saturated carbocycles. The molecule has 2 atom stereocenters. The van der Waals surface area contributed by atoms with E-state index in [4.69, 9.17) is 14.5 Å². The molecule has 5 rings (SSSR count). The number of methoxy groups -OCH3 is 2. The van der Waals surface area contributed by atoms with Gasteiger partial charge in [-0.1, -0.05) is 13.3 Å². The van der Waals surface area contributed by atoms with Crippen molar-refractivity contribution >= 4 is 34.1 Å². The average Bonchev–Trinajstić information content (AvgIpc) is 3.18. The van der Waals surface area contributed by atoms with Crippen LogP contribution < -0.4 is 9.47 Å². The number of rotatable bonds is 3. The summed E-state index contributed by atoms with van der Waals surface area (Å²) >= 11 is 0. The zero-order valence-electron chi connectivity index (χ0n) is 16.9. The van der Waals surface area contributed by atoms with E-state index < -0.39 is 0 Å². The van der Waals surface area contributed by atoms with Crippen molar-refractivity contribution in [1.82, 2.24) is 4.98 Å². The number of pyridine rings is 1. The van der Waals surface area contributed by atoms with Crippen molar-refractivity contribution < 1.29 is 9.47 Å². The van der Waals surface area contributed by atoms with E-state index in [0.29, 0.717) is 0 Å². The van der Waals surface area contributed by atoms with Crippen LogP contribution >= 0.6 is 12.4 Å². The molecule has 0 saturated heterocycles. The first-order valence-electron chi connectivity index (χ1n) is 10.2. The Balaban J connectivity index is 0.00000192. The number of ether oxygens (including phenoxy) is 2. The maximum Gasteiger partial charge on any atom is 0.161 e. The first-order valence-corrected chi connectivity index (χ1v) is 10.2. The summed E-state index contributed by atoms with van der Waals surface area (Å²) in [4.78, 5) is 4.96. The summed E-state index contributed by atoms with van der Waals surface area (Å²) in [6.07, 6.45) is 9.55. The summed E-state index contributed by atoms with van der Waals surface area (Å²) in [6.45, 7) is 2.19. The predicted octanol–water partition coefficient (Wildman–Crippen LogP) is 5.90. The zero-order valence-corrected chi connectivity index (χ0v) is 17.7. The summed E-state index contributed by atoms with van der Waals surface area (Å²) in [5, 5.41) is 3.84. The lowest BCUT2D eigenvalue weighted by atomic mass is 9.75. The molecule has 148 valence electrons. The highest BCUT2D eigenvalue weighted by Gasteiger charge is 2.34. The van der Waals surface area contributed by atoms with Crippen molar-refractivity contribution in [2.24, 2.45) is 11.8 Å². The fraction of sp³-hybridized carbons (Fsp3) is 0.458. The highest BCUT2D eigenvalue weighted by Crippen LogP contribution is 2.47. The molecule has 3 aromatic rings. The fourth-order valence-corrected chi connectivity index (χ4v) is 5.43. The molecule has 2 aliphatic carbocycles. The molecule has 0 bridgehead atoms. The molecule has 0 spiro atoms. The van der Waals surface area contributed by atoms with Gasteiger partial charge in [-0.3, -0.25) is 4.98 Å². The zero-order chi connectivity index (χ0) is 18.5. The van der Waals surface area contributed by atoms with Gasteiger partial charge in [0.1, 0.15) is 0 Å². The Labute approximate surface area is 172 Å². The summed E-state index contributed by atoms with van der Waals surface area (Å²) in [7, 11) is 3.43. The molecular weight excluding hydrogens is 370 g/mol. The van der Waals surface area contributed by atoms with Crippen molar-refractivity contribution in [3.63, 3.8) is 0 Å². The van der Waals surface area contributed by atoms with Gasteiger partial charge >= 0.3 is 0 Å². The van der Waals surface area contributed by atoms with E-state index in [0.717, 1.165) is 29.8 Å². The molecule has 1 fully saturated rings. The van der Waals surface area contributed by atoms with E-state index in [9.17, 15) is 0 Å². The van der Waals surface area contributed by atoms with Crippen LogP contribution in [-0.2, 0) is 19.3 Å². The lowest BCUT2D eigenvalue weighted by Crippen LogP contribution is -2.21. The van der Waals surface area contributed by atoms with E-state index in [1.807, 2.05) is 0 Å². The third kappa shape index (κ3) is 2.83. The maximum absolute atomic E-state index is 5.64. The van der Waals surface area contributed by atoms with Gasteiger partial charge in [-0.2, -0.15) is 0 Å². The maximum atomic E-state index is 5.64. The predicted molar refractivity (Wildman–Crippen MR) is 117 cm³/mol. The Morgan fingerprint density at radius 3 is 2.18 bits per heavy atom. The van der Waals surface area contributed by atoms with E-state index in [1.165, 1.54) is 70.5 Å². The molecule has 4 heteroatoms. The Kier molecular flexibility index (Phi) is 5.13. The quantitative estimate of drug-likeness (QED) is 0.515. The van der Waals surface area contributed by atoms with E-state index in [1.54, 1.807) is 14.2 Å². The van der Waals surface area contributed by atoms with Gasteiger partial charge in [-0.25, -0.2) is 0 Å². The number of halogens is 1. The lowest BCUT2D eigenvalue weighted by molar-refractivity contribution is 0.355. The molecule has 0 aliphatic heterocycles. The first-order chi connectivity index (χ1) is 13.2. The van der Waals surface area contributed by atoms with Crippen molar-refractivity contribution in [2.75, 3.05) is 14.2 Å². The third-order valence-corrected chi connectivity index (χ3v) is 6.89. The molecule has 0 N–H and O–H groups in total. The van der Waals surface area contributed by atoms with Crippen LogP contribution in [0.1, 0.15) is 42.9 Å². The van der Waals surface area contributed by atoms with Crippen molar-refractivity contribution in [1.29, 1.82) is 0 Å². The van der Waals surface area contributed by atoms with Crippen LogP contribution in [0, 0.1) is 11.8 Å². The second kappa shape index (κ2) is 7.44. The van der Waals surface area contributed by atoms with Gasteiger partial charge in [0.25, 0.3) is 0 Å². The van der Waals surface area contributed by atoms with Crippen LogP contribution in [0.2, 0.25) is 0 Å². The number of aromatic nitrogens is 1. The second-order valence-electron chi connectivity index (χ2n) is 8.16. The number of aryl methyl sites for hydroxylation is 1. The average molecular weight is 398 g/mol. The lowest BCUT2D eigenvalue weighted by Gasteiger charge is -2.30. The topological polar surface area (TPSA) is 31.4 Å². The van der Waals surface area contributed by atoms with Crippen LogP contribution in [0.25, 0.3) is 21.7 Å². The van der Waals surface area contributed by atoms with Crippen LogP contribution in [0.3, 0.4) is 0 Å². The van der Waals surface area contributed by atoms with Gasteiger partial charge in [0.2, 0.25) is 0 Å². The normalized spacial score (nSPS) is 20.5. The minimum absolute atomic E-state index is 0. The van der Waals surface area contributed by atoms with Gasteiger partial charge in [-0.05, 0) is 89.6 Å². The van der Waals surface area contributed by atoms with Crippen molar-refractivity contribution in [3.05, 3.63) is 41.1 Å². The van der Waals surface area contributed by atoms with E-state index in [2.05, 4.69) is 31.3 Å². The Morgan fingerprint density at radius 2 is 1.54 bits per heavy atom. The largest absolute Gasteiger partial charge is 0.493 e. The van der Waals surface area contributed by atoms with Crippen molar-refractivity contribution in [3.8, 4) is 11.5 Å². The summed E-state index contributed by atoms with van der Waals surface area (Å²) < 4.78 is 11.3. The molecule has 28 heavy (non-hydrogen) atoms. The van der Waals surface area contributed by atoms with Crippen LogP contribution in [0.15, 0.2) is 24.4 Å². The van der Waals surface area contributed by atoms with Gasteiger partial charge in [0.05, 0.1) is 19.7 Å². The third-order valence-electron chi connectivity index (χ3n) is 6.89. The molecular formula is C24H28ClNO2. The molecule has 2 aromatic carbocycles. The van der Waals surface area contributed by atoms with Gasteiger partial charge in [0, 0.05) is 11.6 Å². The number of hydrogen-bond acceptors (Lipinski definition) is 3.